The van der Waals surface area contributed by atoms with Gasteiger partial charge in [0.1, 0.15) is 0 Å². The predicted octanol–water partition coefficient (Wildman–Crippen LogP) is 5.32. The van der Waals surface area contributed by atoms with E-state index in [1.165, 1.54) is 12.8 Å². The van der Waals surface area contributed by atoms with Crippen molar-refractivity contribution in [3.8, 4) is 0 Å². The summed E-state index contributed by atoms with van der Waals surface area (Å²) < 4.78 is -1.23. The first-order chi connectivity index (χ1) is 5.77. The van der Waals surface area contributed by atoms with Crippen LogP contribution in [-0.4, -0.2) is 8.67 Å². The Morgan fingerprint density at radius 3 is 1.92 bits per heavy atom. The molecule has 0 N–H and O–H groups in total. The van der Waals surface area contributed by atoms with E-state index in [2.05, 4.69) is 6.92 Å². The molecule has 0 aromatic rings. The first-order valence-electron chi connectivity index (χ1n) is 4.52. The molecule has 0 aromatic carbocycles. The highest BCUT2D eigenvalue weighted by Gasteiger charge is 2.32. The third kappa shape index (κ3) is 9.46. The fourth-order valence-corrected chi connectivity index (χ4v) is 2.67. The molecule has 0 nitrogen and oxygen atoms in total. The number of hydrogen-bond acceptors (Lipinski definition) is 0. The summed E-state index contributed by atoms with van der Waals surface area (Å²) >= 11 is 23.2. The first kappa shape index (κ1) is 14.2. The van der Waals surface area contributed by atoms with E-state index >= 15 is 0 Å². The van der Waals surface area contributed by atoms with Gasteiger partial charge in [-0.1, -0.05) is 61.0 Å². The number of unbranched alkanes of at least 4 members (excludes halogenated alkanes) is 2. The van der Waals surface area contributed by atoms with Crippen LogP contribution in [0.15, 0.2) is 0 Å². The molecule has 0 fully saturated rings. The van der Waals surface area contributed by atoms with Crippen LogP contribution in [0.4, 0.5) is 0 Å². The van der Waals surface area contributed by atoms with Crippen LogP contribution in [-0.2, 0) is 0 Å². The first-order valence-corrected chi connectivity index (χ1v) is 6.04. The van der Waals surface area contributed by atoms with Gasteiger partial charge in [-0.3, -0.25) is 0 Å². The number of alkyl halides is 4. The minimum atomic E-state index is -1.23. The molecule has 0 aliphatic rings. The minimum absolute atomic E-state index is 0.388. The Morgan fingerprint density at radius 1 is 1.00 bits per heavy atom. The van der Waals surface area contributed by atoms with Gasteiger partial charge in [-0.25, -0.2) is 0 Å². The summed E-state index contributed by atoms with van der Waals surface area (Å²) in [5, 5.41) is 0. The molecule has 0 radical (unpaired) electrons. The molecule has 0 spiro atoms. The average Bonchev–Trinajstić information content (AvgIpc) is 1.81. The van der Waals surface area contributed by atoms with Gasteiger partial charge in [-0.15, -0.1) is 11.6 Å². The van der Waals surface area contributed by atoms with Crippen LogP contribution in [0.2, 0.25) is 0 Å². The van der Waals surface area contributed by atoms with E-state index in [0.717, 1.165) is 12.8 Å². The van der Waals surface area contributed by atoms with Crippen molar-refractivity contribution >= 4 is 46.4 Å². The van der Waals surface area contributed by atoms with Crippen LogP contribution in [0.5, 0.6) is 0 Å². The number of rotatable bonds is 5. The van der Waals surface area contributed by atoms with Crippen LogP contribution < -0.4 is 0 Å². The lowest BCUT2D eigenvalue weighted by Gasteiger charge is -2.25. The summed E-state index contributed by atoms with van der Waals surface area (Å²) in [6.45, 7) is 4.08. The Morgan fingerprint density at radius 2 is 1.54 bits per heavy atom. The van der Waals surface area contributed by atoms with Crippen LogP contribution in [0, 0.1) is 0 Å². The number of halogens is 4. The van der Waals surface area contributed by atoms with Crippen molar-refractivity contribution in [2.45, 2.75) is 54.6 Å². The fourth-order valence-electron chi connectivity index (χ4n) is 1.25. The topological polar surface area (TPSA) is 0 Å². The third-order valence-corrected chi connectivity index (χ3v) is 2.59. The van der Waals surface area contributed by atoms with Gasteiger partial charge in [-0.05, 0) is 13.3 Å². The molecule has 0 bridgehead atoms. The molecule has 80 valence electrons. The predicted molar refractivity (Wildman–Crippen MR) is 63.3 cm³/mol. The van der Waals surface area contributed by atoms with E-state index in [1.807, 2.05) is 6.92 Å². The molecule has 0 heterocycles. The maximum absolute atomic E-state index is 6.20. The van der Waals surface area contributed by atoms with Crippen molar-refractivity contribution in [1.82, 2.24) is 0 Å². The summed E-state index contributed by atoms with van der Waals surface area (Å²) in [7, 11) is 0. The van der Waals surface area contributed by atoms with E-state index < -0.39 is 3.79 Å². The Hall–Kier alpha value is 1.16. The maximum atomic E-state index is 6.20. The van der Waals surface area contributed by atoms with E-state index in [0.29, 0.717) is 6.42 Å². The Bertz CT molecular complexity index is 137. The normalized spacial score (nSPS) is 17.1. The summed E-state index contributed by atoms with van der Waals surface area (Å²) in [5.41, 5.74) is 0. The molecule has 4 heteroatoms. The van der Waals surface area contributed by atoms with Crippen molar-refractivity contribution in [2.75, 3.05) is 0 Å². The van der Waals surface area contributed by atoms with Gasteiger partial charge in [0.2, 0.25) is 0 Å². The van der Waals surface area contributed by atoms with E-state index in [1.54, 1.807) is 0 Å². The second kappa shape index (κ2) is 5.90. The van der Waals surface area contributed by atoms with Gasteiger partial charge in [0, 0.05) is 11.3 Å². The van der Waals surface area contributed by atoms with Gasteiger partial charge in [-0.2, -0.15) is 0 Å². The van der Waals surface area contributed by atoms with Crippen molar-refractivity contribution in [1.29, 1.82) is 0 Å². The molecule has 0 amide bonds. The molecule has 1 unspecified atom stereocenters. The van der Waals surface area contributed by atoms with E-state index in [4.69, 9.17) is 46.4 Å². The van der Waals surface area contributed by atoms with Gasteiger partial charge in [0.05, 0.1) is 0 Å². The molecule has 0 aliphatic heterocycles. The van der Waals surface area contributed by atoms with Gasteiger partial charge in [0.15, 0.2) is 3.79 Å². The van der Waals surface area contributed by atoms with Crippen LogP contribution >= 0.6 is 46.4 Å². The standard InChI is InChI=1S/C9H16Cl4/c1-3-4-5-6-8(2,10)7-9(11,12)13/h3-7H2,1-2H3. The Kier molecular flexibility index (Phi) is 6.43. The highest BCUT2D eigenvalue weighted by Crippen LogP contribution is 2.40. The van der Waals surface area contributed by atoms with Crippen LogP contribution in [0.25, 0.3) is 0 Å². The summed E-state index contributed by atoms with van der Waals surface area (Å²) in [6, 6.07) is 0. The Labute approximate surface area is 101 Å². The molecule has 0 saturated carbocycles. The molecule has 0 saturated heterocycles. The zero-order valence-electron chi connectivity index (χ0n) is 8.05. The molecule has 0 aromatic heterocycles. The minimum Gasteiger partial charge on any atom is -0.119 e. The molecule has 13 heavy (non-hydrogen) atoms. The number of hydrogen-bond donors (Lipinski definition) is 0. The lowest BCUT2D eigenvalue weighted by atomic mass is 10.00. The molecular weight excluding hydrogens is 250 g/mol. The Balaban J connectivity index is 3.80. The fraction of sp³-hybridized carbons (Fsp3) is 1.00. The second-order valence-corrected chi connectivity index (χ2v) is 7.09. The average molecular weight is 266 g/mol. The SMILES string of the molecule is CCCCCC(C)(Cl)CC(Cl)(Cl)Cl. The van der Waals surface area contributed by atoms with Crippen LogP contribution in [0.1, 0.15) is 46.0 Å². The van der Waals surface area contributed by atoms with Gasteiger partial charge in [0.25, 0.3) is 0 Å². The smallest absolute Gasteiger partial charge is 0.119 e. The zero-order valence-corrected chi connectivity index (χ0v) is 11.1. The largest absolute Gasteiger partial charge is 0.192 e. The third-order valence-electron chi connectivity index (χ3n) is 1.87. The highest BCUT2D eigenvalue weighted by atomic mass is 35.6. The lowest BCUT2D eigenvalue weighted by molar-refractivity contribution is 0.502. The lowest BCUT2D eigenvalue weighted by Crippen LogP contribution is -2.23. The van der Waals surface area contributed by atoms with Gasteiger partial charge < -0.3 is 0 Å². The van der Waals surface area contributed by atoms with Crippen molar-refractivity contribution in [2.24, 2.45) is 0 Å². The monoisotopic (exact) mass is 264 g/mol. The molecule has 0 aliphatic carbocycles. The van der Waals surface area contributed by atoms with E-state index in [-0.39, 0.29) is 4.87 Å². The maximum Gasteiger partial charge on any atom is 0.192 e. The zero-order chi connectivity index (χ0) is 10.5. The van der Waals surface area contributed by atoms with Crippen molar-refractivity contribution in [3.05, 3.63) is 0 Å². The summed E-state index contributed by atoms with van der Waals surface area (Å²) in [6.07, 6.45) is 4.76. The molecular formula is C9H16Cl4. The van der Waals surface area contributed by atoms with Crippen LogP contribution in [0.3, 0.4) is 0 Å². The van der Waals surface area contributed by atoms with Crippen molar-refractivity contribution < 1.29 is 0 Å². The molecule has 1 atom stereocenters. The van der Waals surface area contributed by atoms with Gasteiger partial charge >= 0.3 is 0 Å². The second-order valence-electron chi connectivity index (χ2n) is 3.66. The molecule has 0 rings (SSSR count). The van der Waals surface area contributed by atoms with Crippen molar-refractivity contribution in [3.63, 3.8) is 0 Å². The summed E-state index contributed by atoms with van der Waals surface area (Å²) in [4.78, 5) is -0.388. The summed E-state index contributed by atoms with van der Waals surface area (Å²) in [5.74, 6) is 0. The van der Waals surface area contributed by atoms with E-state index in [9.17, 15) is 0 Å². The highest BCUT2D eigenvalue weighted by molar-refractivity contribution is 6.67. The quantitative estimate of drug-likeness (QED) is 0.466.